The molecule has 6 nitrogen and oxygen atoms in total. The van der Waals surface area contributed by atoms with Crippen molar-refractivity contribution < 1.29 is 14.3 Å². The van der Waals surface area contributed by atoms with E-state index in [9.17, 15) is 9.59 Å². The molecule has 0 saturated carbocycles. The number of methoxy groups -OCH3 is 1. The lowest BCUT2D eigenvalue weighted by molar-refractivity contribution is -0.146. The van der Waals surface area contributed by atoms with Gasteiger partial charge in [0.1, 0.15) is 6.04 Å². The number of aromatic amines is 1. The van der Waals surface area contributed by atoms with Gasteiger partial charge in [0.25, 0.3) is 5.91 Å². The molecule has 0 radical (unpaired) electrons. The third-order valence-electron chi connectivity index (χ3n) is 3.90. The molecule has 1 aliphatic rings. The van der Waals surface area contributed by atoms with Crippen LogP contribution >= 0.6 is 0 Å². The van der Waals surface area contributed by atoms with Crippen LogP contribution in [0.3, 0.4) is 0 Å². The summed E-state index contributed by atoms with van der Waals surface area (Å²) >= 11 is 0. The first-order valence-electron chi connectivity index (χ1n) is 7.06. The summed E-state index contributed by atoms with van der Waals surface area (Å²) in [5.74, 6) is -0.603. The zero-order chi connectivity index (χ0) is 15.7. The van der Waals surface area contributed by atoms with E-state index in [2.05, 4.69) is 9.97 Å². The average Bonchev–Trinajstić information content (AvgIpc) is 2.99. The van der Waals surface area contributed by atoms with E-state index in [-0.39, 0.29) is 5.91 Å². The van der Waals surface area contributed by atoms with Gasteiger partial charge in [0.05, 0.1) is 31.4 Å². The number of benzene rings is 1. The molecule has 0 aliphatic carbocycles. The number of nitrogens with zero attached hydrogens (tertiary/aromatic N) is 2. The van der Waals surface area contributed by atoms with Gasteiger partial charge < -0.3 is 14.6 Å². The number of rotatable bonds is 2. The number of aromatic nitrogens is 2. The number of nitrogens with one attached hydrogen (secondary N) is 1. The van der Waals surface area contributed by atoms with E-state index in [1.54, 1.807) is 17.3 Å². The molecule has 1 aromatic heterocycles. The van der Waals surface area contributed by atoms with Crippen molar-refractivity contribution in [3.05, 3.63) is 53.1 Å². The largest absolute Gasteiger partial charge is 0.467 e. The summed E-state index contributed by atoms with van der Waals surface area (Å²) in [6.45, 7) is 2.25. The normalized spacial score (nSPS) is 17.0. The molecule has 1 aliphatic heterocycles. The van der Waals surface area contributed by atoms with Crippen molar-refractivity contribution in [2.45, 2.75) is 25.9 Å². The molecule has 1 N–H and O–H groups in total. The molecule has 1 amide bonds. The maximum atomic E-state index is 12.8. The Kier molecular flexibility index (Phi) is 3.66. The van der Waals surface area contributed by atoms with Gasteiger partial charge in [-0.05, 0) is 19.1 Å². The Morgan fingerprint density at radius 2 is 2.23 bits per heavy atom. The van der Waals surface area contributed by atoms with E-state index in [1.165, 1.54) is 7.11 Å². The van der Waals surface area contributed by atoms with Crippen LogP contribution in [0.15, 0.2) is 30.6 Å². The molecule has 2 heterocycles. The number of fused-ring (bicyclic) bond motifs is 1. The van der Waals surface area contributed by atoms with Gasteiger partial charge in [0, 0.05) is 12.0 Å². The standard InChI is InChI=1S/C16H17N3O3/c1-10-4-3-5-11(6-10)15(20)19-8-13-12(17-9-18-13)7-14(19)16(21)22-2/h3-6,9,14H,7-8H2,1-2H3,(H,17,18). The lowest BCUT2D eigenvalue weighted by Gasteiger charge is -2.33. The quantitative estimate of drug-likeness (QED) is 0.852. The molecule has 0 saturated heterocycles. The highest BCUT2D eigenvalue weighted by molar-refractivity contribution is 5.97. The Hall–Kier alpha value is -2.63. The van der Waals surface area contributed by atoms with Gasteiger partial charge in [-0.3, -0.25) is 4.79 Å². The number of aryl methyl sites for hydroxylation is 1. The lowest BCUT2D eigenvalue weighted by atomic mass is 10.0. The molecule has 3 rings (SSSR count). The number of carbonyl (C=O) groups excluding carboxylic acids is 2. The molecule has 22 heavy (non-hydrogen) atoms. The number of ether oxygens (including phenoxy) is 1. The van der Waals surface area contributed by atoms with E-state index >= 15 is 0 Å². The summed E-state index contributed by atoms with van der Waals surface area (Å²) in [7, 11) is 1.33. The van der Waals surface area contributed by atoms with Gasteiger partial charge in [0.2, 0.25) is 0 Å². The molecule has 114 valence electrons. The summed E-state index contributed by atoms with van der Waals surface area (Å²) in [4.78, 5) is 33.6. The fraction of sp³-hybridized carbons (Fsp3) is 0.312. The van der Waals surface area contributed by atoms with Gasteiger partial charge in [-0.15, -0.1) is 0 Å². The Balaban J connectivity index is 1.95. The second kappa shape index (κ2) is 5.63. The fourth-order valence-corrected chi connectivity index (χ4v) is 2.74. The SMILES string of the molecule is COC(=O)C1Cc2nc[nH]c2CN1C(=O)c1cccc(C)c1. The molecule has 0 spiro atoms. The Morgan fingerprint density at radius 3 is 2.95 bits per heavy atom. The Labute approximate surface area is 128 Å². The van der Waals surface area contributed by atoms with Gasteiger partial charge >= 0.3 is 5.97 Å². The summed E-state index contributed by atoms with van der Waals surface area (Å²) in [5, 5.41) is 0. The third kappa shape index (κ3) is 2.47. The number of hydrogen-bond acceptors (Lipinski definition) is 4. The minimum Gasteiger partial charge on any atom is -0.467 e. The lowest BCUT2D eigenvalue weighted by Crippen LogP contribution is -2.49. The number of esters is 1. The second-order valence-electron chi connectivity index (χ2n) is 5.37. The molecule has 6 heteroatoms. The van der Waals surface area contributed by atoms with Crippen molar-refractivity contribution in [1.29, 1.82) is 0 Å². The first kappa shape index (κ1) is 14.3. The average molecular weight is 299 g/mol. The van der Waals surface area contributed by atoms with Crippen LogP contribution in [0.1, 0.15) is 27.3 Å². The van der Waals surface area contributed by atoms with Crippen LogP contribution in [0.25, 0.3) is 0 Å². The van der Waals surface area contributed by atoms with Gasteiger partial charge in [-0.1, -0.05) is 17.7 Å². The first-order chi connectivity index (χ1) is 10.6. The molecule has 0 bridgehead atoms. The predicted molar refractivity (Wildman–Crippen MR) is 79.1 cm³/mol. The molecular formula is C16H17N3O3. The predicted octanol–water partition coefficient (Wildman–Crippen LogP) is 1.46. The van der Waals surface area contributed by atoms with Crippen molar-refractivity contribution in [3.8, 4) is 0 Å². The van der Waals surface area contributed by atoms with Crippen LogP contribution in [-0.2, 0) is 22.5 Å². The number of amides is 1. The van der Waals surface area contributed by atoms with E-state index in [1.807, 2.05) is 25.1 Å². The topological polar surface area (TPSA) is 75.3 Å². The van der Waals surface area contributed by atoms with Gasteiger partial charge in [0.15, 0.2) is 0 Å². The van der Waals surface area contributed by atoms with Crippen molar-refractivity contribution in [2.24, 2.45) is 0 Å². The fourth-order valence-electron chi connectivity index (χ4n) is 2.74. The molecule has 0 fully saturated rings. The van der Waals surface area contributed by atoms with E-state index in [0.717, 1.165) is 17.0 Å². The number of hydrogen-bond donors (Lipinski definition) is 1. The van der Waals surface area contributed by atoms with E-state index in [0.29, 0.717) is 18.5 Å². The highest BCUT2D eigenvalue weighted by Gasteiger charge is 2.37. The summed E-state index contributed by atoms with van der Waals surface area (Å²) in [6.07, 6.45) is 1.95. The molecular weight excluding hydrogens is 282 g/mol. The van der Waals surface area contributed by atoms with E-state index in [4.69, 9.17) is 4.74 Å². The number of carbonyl (C=O) groups is 2. The number of imidazole rings is 1. The van der Waals surface area contributed by atoms with Crippen LogP contribution in [0.5, 0.6) is 0 Å². The molecule has 2 aromatic rings. The third-order valence-corrected chi connectivity index (χ3v) is 3.90. The van der Waals surface area contributed by atoms with Crippen LogP contribution in [-0.4, -0.2) is 39.9 Å². The smallest absolute Gasteiger partial charge is 0.329 e. The highest BCUT2D eigenvalue weighted by atomic mass is 16.5. The Morgan fingerprint density at radius 1 is 1.41 bits per heavy atom. The van der Waals surface area contributed by atoms with Crippen molar-refractivity contribution in [1.82, 2.24) is 14.9 Å². The Bertz CT molecular complexity index is 723. The molecule has 1 aromatic carbocycles. The van der Waals surface area contributed by atoms with Gasteiger partial charge in [-0.2, -0.15) is 0 Å². The summed E-state index contributed by atoms with van der Waals surface area (Å²) in [6, 6.07) is 6.69. The minimum atomic E-state index is -0.645. The zero-order valence-corrected chi connectivity index (χ0v) is 12.5. The maximum Gasteiger partial charge on any atom is 0.329 e. The van der Waals surface area contributed by atoms with Crippen molar-refractivity contribution in [2.75, 3.05) is 7.11 Å². The summed E-state index contributed by atoms with van der Waals surface area (Å²) < 4.78 is 4.85. The van der Waals surface area contributed by atoms with Gasteiger partial charge in [-0.25, -0.2) is 9.78 Å². The summed E-state index contributed by atoms with van der Waals surface area (Å²) in [5.41, 5.74) is 3.24. The highest BCUT2D eigenvalue weighted by Crippen LogP contribution is 2.23. The van der Waals surface area contributed by atoms with Crippen LogP contribution in [0, 0.1) is 6.92 Å². The zero-order valence-electron chi connectivity index (χ0n) is 12.5. The maximum absolute atomic E-state index is 12.8. The van der Waals surface area contributed by atoms with Crippen molar-refractivity contribution in [3.63, 3.8) is 0 Å². The van der Waals surface area contributed by atoms with E-state index < -0.39 is 12.0 Å². The minimum absolute atomic E-state index is 0.181. The molecule has 1 atom stereocenters. The molecule has 1 unspecified atom stereocenters. The first-order valence-corrected chi connectivity index (χ1v) is 7.06. The number of H-pyrrole nitrogens is 1. The van der Waals surface area contributed by atoms with Crippen LogP contribution in [0.2, 0.25) is 0 Å². The van der Waals surface area contributed by atoms with Crippen LogP contribution in [0.4, 0.5) is 0 Å². The van der Waals surface area contributed by atoms with Crippen molar-refractivity contribution >= 4 is 11.9 Å². The monoisotopic (exact) mass is 299 g/mol. The van der Waals surface area contributed by atoms with Crippen LogP contribution < -0.4 is 0 Å². The second-order valence-corrected chi connectivity index (χ2v) is 5.37.